The lowest BCUT2D eigenvalue weighted by Crippen LogP contribution is -2.29. The van der Waals surface area contributed by atoms with Crippen LogP contribution >= 0.6 is 23.2 Å². The van der Waals surface area contributed by atoms with Gasteiger partial charge in [0.05, 0.1) is 16.8 Å². The van der Waals surface area contributed by atoms with Crippen LogP contribution in [0.4, 0.5) is 10.1 Å². The van der Waals surface area contributed by atoms with Crippen LogP contribution in [0, 0.1) is 11.7 Å². The molecule has 0 amide bonds. The maximum atomic E-state index is 13.2. The third-order valence-electron chi connectivity index (χ3n) is 4.61. The summed E-state index contributed by atoms with van der Waals surface area (Å²) in [7, 11) is 0. The summed E-state index contributed by atoms with van der Waals surface area (Å²) in [6, 6.07) is 10.6. The Labute approximate surface area is 138 Å². The second kappa shape index (κ2) is 5.29. The summed E-state index contributed by atoms with van der Waals surface area (Å²) < 4.78 is 13.2. The number of hydrogen-bond donors (Lipinski definition) is 1. The van der Waals surface area contributed by atoms with Gasteiger partial charge in [-0.15, -0.1) is 0 Å². The van der Waals surface area contributed by atoms with Gasteiger partial charge in [-0.05, 0) is 47.7 Å². The predicted molar refractivity (Wildman–Crippen MR) is 89.2 cm³/mol. The van der Waals surface area contributed by atoms with Gasteiger partial charge in [0.2, 0.25) is 0 Å². The summed E-state index contributed by atoms with van der Waals surface area (Å²) in [5.41, 5.74) is 3.17. The molecule has 0 radical (unpaired) electrons. The van der Waals surface area contributed by atoms with Crippen molar-refractivity contribution in [2.24, 2.45) is 5.92 Å². The van der Waals surface area contributed by atoms with Crippen molar-refractivity contribution in [1.82, 2.24) is 0 Å². The second-order valence-corrected chi connectivity index (χ2v) is 6.72. The number of benzene rings is 2. The predicted octanol–water partition coefficient (Wildman–Crippen LogP) is 5.96. The summed E-state index contributed by atoms with van der Waals surface area (Å²) in [5, 5.41) is 4.84. The normalized spacial score (nSPS) is 25.5. The van der Waals surface area contributed by atoms with Crippen LogP contribution in [-0.4, -0.2) is 0 Å². The first-order valence-electron chi connectivity index (χ1n) is 7.31. The summed E-state index contributed by atoms with van der Waals surface area (Å²) in [6.07, 6.45) is 5.42. The van der Waals surface area contributed by atoms with Crippen molar-refractivity contribution in [2.75, 3.05) is 5.32 Å². The topological polar surface area (TPSA) is 12.0 Å². The fourth-order valence-corrected chi connectivity index (χ4v) is 4.18. The zero-order valence-corrected chi connectivity index (χ0v) is 13.2. The highest BCUT2D eigenvalue weighted by molar-refractivity contribution is 6.36. The number of fused-ring (bicyclic) bond motifs is 3. The summed E-state index contributed by atoms with van der Waals surface area (Å²) in [4.78, 5) is 0. The number of nitrogens with one attached hydrogen (secondary N) is 1. The fraction of sp³-hybridized carbons (Fsp3) is 0.222. The van der Waals surface area contributed by atoms with Gasteiger partial charge in [-0.1, -0.05) is 47.5 Å². The largest absolute Gasteiger partial charge is 0.376 e. The quantitative estimate of drug-likeness (QED) is 0.635. The lowest BCUT2D eigenvalue weighted by atomic mass is 9.77. The maximum absolute atomic E-state index is 13.2. The minimum absolute atomic E-state index is 0.117. The molecule has 1 aliphatic heterocycles. The van der Waals surface area contributed by atoms with Crippen molar-refractivity contribution in [3.8, 4) is 0 Å². The van der Waals surface area contributed by atoms with Crippen molar-refractivity contribution in [3.05, 3.63) is 75.5 Å². The van der Waals surface area contributed by atoms with Gasteiger partial charge in [0.15, 0.2) is 0 Å². The molecule has 3 atom stereocenters. The molecule has 0 saturated heterocycles. The lowest BCUT2D eigenvalue weighted by Gasteiger charge is -2.38. The van der Waals surface area contributed by atoms with Gasteiger partial charge in [0.25, 0.3) is 0 Å². The molecule has 22 heavy (non-hydrogen) atoms. The molecule has 4 rings (SSSR count). The Bertz CT molecular complexity index is 754. The van der Waals surface area contributed by atoms with Crippen LogP contribution in [0.5, 0.6) is 0 Å². The molecule has 0 aromatic heterocycles. The molecule has 1 aliphatic carbocycles. The molecule has 4 heteroatoms. The van der Waals surface area contributed by atoms with Gasteiger partial charge in [-0.2, -0.15) is 0 Å². The summed E-state index contributed by atoms with van der Waals surface area (Å²) in [5.74, 6) is 0.473. The molecular weight excluding hydrogens is 320 g/mol. The highest BCUT2D eigenvalue weighted by Gasteiger charge is 2.38. The molecule has 0 saturated carbocycles. The smallest absolute Gasteiger partial charge is 0.123 e. The van der Waals surface area contributed by atoms with Crippen LogP contribution in [0.1, 0.15) is 29.5 Å². The Morgan fingerprint density at radius 2 is 1.86 bits per heavy atom. The van der Waals surface area contributed by atoms with Crippen molar-refractivity contribution < 1.29 is 4.39 Å². The minimum Gasteiger partial charge on any atom is -0.376 e. The molecule has 112 valence electrons. The van der Waals surface area contributed by atoms with Crippen LogP contribution in [0.15, 0.2) is 48.6 Å². The van der Waals surface area contributed by atoms with E-state index in [0.29, 0.717) is 21.9 Å². The summed E-state index contributed by atoms with van der Waals surface area (Å²) >= 11 is 12.5. The number of halogens is 3. The second-order valence-electron chi connectivity index (χ2n) is 5.88. The van der Waals surface area contributed by atoms with E-state index >= 15 is 0 Å². The van der Waals surface area contributed by atoms with E-state index in [2.05, 4.69) is 17.5 Å². The zero-order chi connectivity index (χ0) is 15.3. The molecule has 2 aromatic carbocycles. The zero-order valence-electron chi connectivity index (χ0n) is 11.7. The van der Waals surface area contributed by atoms with Gasteiger partial charge in [0, 0.05) is 10.9 Å². The van der Waals surface area contributed by atoms with Crippen LogP contribution in [0.25, 0.3) is 0 Å². The van der Waals surface area contributed by atoms with Crippen molar-refractivity contribution in [3.63, 3.8) is 0 Å². The maximum Gasteiger partial charge on any atom is 0.123 e. The van der Waals surface area contributed by atoms with Crippen LogP contribution < -0.4 is 5.32 Å². The van der Waals surface area contributed by atoms with Gasteiger partial charge in [-0.3, -0.25) is 0 Å². The molecule has 2 aromatic rings. The third kappa shape index (κ3) is 2.22. The Kier molecular flexibility index (Phi) is 3.39. The van der Waals surface area contributed by atoms with Crippen molar-refractivity contribution in [2.45, 2.75) is 18.4 Å². The molecule has 0 fully saturated rings. The third-order valence-corrected chi connectivity index (χ3v) is 5.13. The lowest BCUT2D eigenvalue weighted by molar-refractivity contribution is 0.425. The highest BCUT2D eigenvalue weighted by atomic mass is 35.5. The SMILES string of the molecule is Fc1ccc([C@@H]2Nc3c(Cl)cc(Cl)cc3[C@@H]3C=CC[C@@H]32)cc1. The number of allylic oxidation sites excluding steroid dienone is 2. The Balaban J connectivity index is 1.82. The van der Waals surface area contributed by atoms with E-state index in [1.54, 1.807) is 6.07 Å². The van der Waals surface area contributed by atoms with E-state index < -0.39 is 0 Å². The molecular formula is C18H14Cl2FN. The summed E-state index contributed by atoms with van der Waals surface area (Å²) in [6.45, 7) is 0. The molecule has 0 bridgehead atoms. The van der Waals surface area contributed by atoms with E-state index in [9.17, 15) is 4.39 Å². The Morgan fingerprint density at radius 3 is 2.64 bits per heavy atom. The average molecular weight is 334 g/mol. The molecule has 2 aliphatic rings. The first-order valence-corrected chi connectivity index (χ1v) is 8.06. The molecule has 1 heterocycles. The highest BCUT2D eigenvalue weighted by Crippen LogP contribution is 2.52. The number of rotatable bonds is 1. The molecule has 0 spiro atoms. The van der Waals surface area contributed by atoms with Gasteiger partial charge in [-0.25, -0.2) is 4.39 Å². The van der Waals surface area contributed by atoms with Crippen molar-refractivity contribution in [1.29, 1.82) is 0 Å². The first kappa shape index (κ1) is 14.1. The number of hydrogen-bond acceptors (Lipinski definition) is 1. The van der Waals surface area contributed by atoms with E-state index in [0.717, 1.165) is 23.2 Å². The van der Waals surface area contributed by atoms with Gasteiger partial charge >= 0.3 is 0 Å². The van der Waals surface area contributed by atoms with E-state index in [4.69, 9.17) is 23.2 Å². The molecule has 0 unspecified atom stereocenters. The van der Waals surface area contributed by atoms with Gasteiger partial charge < -0.3 is 5.32 Å². The van der Waals surface area contributed by atoms with E-state index in [-0.39, 0.29) is 11.9 Å². The van der Waals surface area contributed by atoms with Crippen LogP contribution in [0.3, 0.4) is 0 Å². The van der Waals surface area contributed by atoms with E-state index in [1.165, 1.54) is 12.1 Å². The fourth-order valence-electron chi connectivity index (χ4n) is 3.62. The van der Waals surface area contributed by atoms with E-state index in [1.807, 2.05) is 18.2 Å². The standard InChI is InChI=1S/C18H14Cl2FN/c19-11-8-15-13-2-1-3-14(13)17(22-18(15)16(20)9-11)10-4-6-12(21)7-5-10/h1-2,4-9,13-14,17,22H,3H2/t13-,14+,17+/m1/s1. The van der Waals surface area contributed by atoms with Crippen LogP contribution in [-0.2, 0) is 0 Å². The molecule has 1 nitrogen and oxygen atoms in total. The van der Waals surface area contributed by atoms with Crippen molar-refractivity contribution >= 4 is 28.9 Å². The average Bonchev–Trinajstić information content (AvgIpc) is 2.97. The first-order chi connectivity index (χ1) is 10.6. The Hall–Kier alpha value is -1.51. The van der Waals surface area contributed by atoms with Crippen LogP contribution in [0.2, 0.25) is 10.0 Å². The Morgan fingerprint density at radius 1 is 1.09 bits per heavy atom. The monoisotopic (exact) mass is 333 g/mol. The minimum atomic E-state index is -0.217. The number of anilines is 1. The molecule has 1 N–H and O–H groups in total. The van der Waals surface area contributed by atoms with Gasteiger partial charge in [0.1, 0.15) is 5.82 Å².